The molecular formula is C19H23N5O2. The van der Waals surface area contributed by atoms with E-state index in [-0.39, 0.29) is 11.8 Å². The minimum atomic E-state index is -0.214. The number of nitrogens with one attached hydrogen (secondary N) is 1. The second kappa shape index (κ2) is 7.95. The molecule has 1 aliphatic rings. The molecule has 3 rings (SSSR count). The van der Waals surface area contributed by atoms with E-state index in [4.69, 9.17) is 0 Å². The molecule has 2 amide bonds. The van der Waals surface area contributed by atoms with Crippen molar-refractivity contribution in [3.63, 3.8) is 0 Å². The molecule has 0 bridgehead atoms. The number of hydrogen-bond donors (Lipinski definition) is 1. The zero-order valence-electron chi connectivity index (χ0n) is 14.9. The fourth-order valence-corrected chi connectivity index (χ4v) is 3.07. The van der Waals surface area contributed by atoms with Gasteiger partial charge in [0.25, 0.3) is 5.91 Å². The Bertz CT molecular complexity index is 792. The van der Waals surface area contributed by atoms with Gasteiger partial charge in [0.1, 0.15) is 0 Å². The average Bonchev–Trinajstić information content (AvgIpc) is 3.08. The molecule has 7 nitrogen and oxygen atoms in total. The second-order valence-corrected chi connectivity index (χ2v) is 6.44. The number of piperidine rings is 1. The molecule has 0 saturated carbocycles. The molecule has 26 heavy (non-hydrogen) atoms. The molecule has 2 aromatic rings. The van der Waals surface area contributed by atoms with Gasteiger partial charge in [-0.25, -0.2) is 0 Å². The third-order valence-electron chi connectivity index (χ3n) is 4.64. The molecule has 1 fully saturated rings. The number of nitrogens with zero attached hydrogens (tertiary/aromatic N) is 4. The number of amides is 2. The second-order valence-electron chi connectivity index (χ2n) is 6.44. The quantitative estimate of drug-likeness (QED) is 0.830. The molecule has 1 N–H and O–H groups in total. The summed E-state index contributed by atoms with van der Waals surface area (Å²) in [6, 6.07) is 9.49. The Labute approximate surface area is 152 Å². The van der Waals surface area contributed by atoms with Crippen molar-refractivity contribution in [1.82, 2.24) is 25.2 Å². The zero-order chi connectivity index (χ0) is 18.5. The van der Waals surface area contributed by atoms with Crippen LogP contribution in [0.15, 0.2) is 43.0 Å². The number of para-hydroxylation sites is 1. The van der Waals surface area contributed by atoms with Gasteiger partial charge in [-0.3, -0.25) is 9.59 Å². The number of rotatable bonds is 5. The predicted molar refractivity (Wildman–Crippen MR) is 97.9 cm³/mol. The third-order valence-corrected chi connectivity index (χ3v) is 4.64. The maximum atomic E-state index is 12.5. The summed E-state index contributed by atoms with van der Waals surface area (Å²) in [6.45, 7) is 7.28. The van der Waals surface area contributed by atoms with Crippen LogP contribution in [0.3, 0.4) is 0 Å². The fourth-order valence-electron chi connectivity index (χ4n) is 3.07. The van der Waals surface area contributed by atoms with Crippen molar-refractivity contribution in [2.24, 2.45) is 5.92 Å². The first kappa shape index (κ1) is 17.8. The van der Waals surface area contributed by atoms with E-state index in [1.807, 2.05) is 30.3 Å². The summed E-state index contributed by atoms with van der Waals surface area (Å²) in [5.41, 5.74) is 1.75. The van der Waals surface area contributed by atoms with E-state index < -0.39 is 0 Å². The van der Waals surface area contributed by atoms with Crippen LogP contribution >= 0.6 is 0 Å². The van der Waals surface area contributed by atoms with Crippen LogP contribution in [0.2, 0.25) is 0 Å². The minimum absolute atomic E-state index is 0.0272. The SMILES string of the molecule is C=CC(=O)N1CCC(CNC(=O)c2nn(-c3ccccc3)nc2C)CC1. The van der Waals surface area contributed by atoms with Crippen LogP contribution in [-0.4, -0.2) is 51.3 Å². The van der Waals surface area contributed by atoms with Gasteiger partial charge in [0.2, 0.25) is 5.91 Å². The van der Waals surface area contributed by atoms with Gasteiger partial charge in [0.15, 0.2) is 5.69 Å². The summed E-state index contributed by atoms with van der Waals surface area (Å²) in [5.74, 6) is 0.118. The third kappa shape index (κ3) is 3.99. The summed E-state index contributed by atoms with van der Waals surface area (Å²) in [5, 5.41) is 11.6. The molecule has 1 saturated heterocycles. The van der Waals surface area contributed by atoms with Gasteiger partial charge in [-0.1, -0.05) is 24.8 Å². The van der Waals surface area contributed by atoms with E-state index in [0.29, 0.717) is 36.9 Å². The van der Waals surface area contributed by atoms with Crippen molar-refractivity contribution in [2.45, 2.75) is 19.8 Å². The Morgan fingerprint density at radius 3 is 2.58 bits per heavy atom. The normalized spacial score (nSPS) is 14.9. The van der Waals surface area contributed by atoms with E-state index in [1.165, 1.54) is 10.9 Å². The number of benzene rings is 1. The lowest BCUT2D eigenvalue weighted by Gasteiger charge is -2.31. The molecule has 1 aliphatic heterocycles. The maximum absolute atomic E-state index is 12.5. The topological polar surface area (TPSA) is 80.1 Å². The standard InChI is InChI=1S/C19H23N5O2/c1-3-17(25)23-11-9-15(10-12-23)13-20-19(26)18-14(2)21-24(22-18)16-7-5-4-6-8-16/h3-8,15H,1,9-13H2,2H3,(H,20,26). The smallest absolute Gasteiger partial charge is 0.273 e. The van der Waals surface area contributed by atoms with E-state index in [9.17, 15) is 9.59 Å². The highest BCUT2D eigenvalue weighted by molar-refractivity contribution is 5.93. The maximum Gasteiger partial charge on any atom is 0.273 e. The molecule has 0 atom stereocenters. The van der Waals surface area contributed by atoms with E-state index in [2.05, 4.69) is 22.1 Å². The molecule has 136 valence electrons. The first-order valence-corrected chi connectivity index (χ1v) is 8.77. The van der Waals surface area contributed by atoms with Gasteiger partial charge in [0, 0.05) is 19.6 Å². The Morgan fingerprint density at radius 2 is 1.92 bits per heavy atom. The van der Waals surface area contributed by atoms with Crippen molar-refractivity contribution in [3.8, 4) is 5.69 Å². The number of likely N-dealkylation sites (tertiary alicyclic amines) is 1. The summed E-state index contributed by atoms with van der Waals surface area (Å²) < 4.78 is 0. The molecule has 7 heteroatoms. The zero-order valence-corrected chi connectivity index (χ0v) is 14.9. The van der Waals surface area contributed by atoms with Crippen molar-refractivity contribution in [1.29, 1.82) is 0 Å². The van der Waals surface area contributed by atoms with Gasteiger partial charge in [-0.15, -0.1) is 5.10 Å². The lowest BCUT2D eigenvalue weighted by molar-refractivity contribution is -0.127. The van der Waals surface area contributed by atoms with Crippen molar-refractivity contribution >= 4 is 11.8 Å². The van der Waals surface area contributed by atoms with Gasteiger partial charge in [-0.05, 0) is 43.9 Å². The Hall–Kier alpha value is -2.96. The van der Waals surface area contributed by atoms with Crippen molar-refractivity contribution in [2.75, 3.05) is 19.6 Å². The lowest BCUT2D eigenvalue weighted by atomic mass is 9.96. The highest BCUT2D eigenvalue weighted by Crippen LogP contribution is 2.17. The van der Waals surface area contributed by atoms with Crippen LogP contribution in [0.5, 0.6) is 0 Å². The summed E-state index contributed by atoms with van der Waals surface area (Å²) in [4.78, 5) is 27.3. The van der Waals surface area contributed by atoms with Crippen LogP contribution in [0.25, 0.3) is 5.69 Å². The fraction of sp³-hybridized carbons (Fsp3) is 0.368. The molecule has 1 aromatic carbocycles. The molecule has 0 spiro atoms. The lowest BCUT2D eigenvalue weighted by Crippen LogP contribution is -2.41. The molecule has 1 aromatic heterocycles. The van der Waals surface area contributed by atoms with E-state index in [0.717, 1.165) is 18.5 Å². The van der Waals surface area contributed by atoms with Crippen LogP contribution in [0.1, 0.15) is 29.0 Å². The summed E-state index contributed by atoms with van der Waals surface area (Å²) in [6.07, 6.45) is 3.09. The number of aryl methyl sites for hydroxylation is 1. The Morgan fingerprint density at radius 1 is 1.23 bits per heavy atom. The summed E-state index contributed by atoms with van der Waals surface area (Å²) in [7, 11) is 0. The Kier molecular flexibility index (Phi) is 5.46. The predicted octanol–water partition coefficient (Wildman–Crippen LogP) is 1.73. The van der Waals surface area contributed by atoms with Crippen LogP contribution in [0, 0.1) is 12.8 Å². The Balaban J connectivity index is 1.55. The molecule has 2 heterocycles. The molecular weight excluding hydrogens is 330 g/mol. The largest absolute Gasteiger partial charge is 0.350 e. The van der Waals surface area contributed by atoms with Gasteiger partial charge in [0.05, 0.1) is 11.4 Å². The van der Waals surface area contributed by atoms with Crippen LogP contribution < -0.4 is 5.32 Å². The van der Waals surface area contributed by atoms with Crippen LogP contribution in [-0.2, 0) is 4.79 Å². The van der Waals surface area contributed by atoms with Gasteiger partial charge < -0.3 is 10.2 Å². The van der Waals surface area contributed by atoms with E-state index >= 15 is 0 Å². The minimum Gasteiger partial charge on any atom is -0.350 e. The number of carbonyl (C=O) groups is 2. The van der Waals surface area contributed by atoms with Crippen molar-refractivity contribution in [3.05, 3.63) is 54.4 Å². The number of hydrogen-bond acceptors (Lipinski definition) is 4. The first-order valence-electron chi connectivity index (χ1n) is 8.77. The average molecular weight is 353 g/mol. The monoisotopic (exact) mass is 353 g/mol. The highest BCUT2D eigenvalue weighted by atomic mass is 16.2. The number of carbonyl (C=O) groups excluding carboxylic acids is 2. The first-order chi connectivity index (χ1) is 12.6. The van der Waals surface area contributed by atoms with Gasteiger partial charge >= 0.3 is 0 Å². The van der Waals surface area contributed by atoms with Crippen LogP contribution in [0.4, 0.5) is 0 Å². The molecule has 0 unspecified atom stereocenters. The van der Waals surface area contributed by atoms with Crippen molar-refractivity contribution < 1.29 is 9.59 Å². The molecule has 0 aliphatic carbocycles. The number of aromatic nitrogens is 3. The van der Waals surface area contributed by atoms with Gasteiger partial charge in [-0.2, -0.15) is 9.90 Å². The molecule has 0 radical (unpaired) electrons. The summed E-state index contributed by atoms with van der Waals surface area (Å²) >= 11 is 0. The van der Waals surface area contributed by atoms with E-state index in [1.54, 1.807) is 11.8 Å². The highest BCUT2D eigenvalue weighted by Gasteiger charge is 2.23.